The first kappa shape index (κ1) is 14.1. The van der Waals surface area contributed by atoms with Crippen molar-refractivity contribution in [3.8, 4) is 0 Å². The summed E-state index contributed by atoms with van der Waals surface area (Å²) in [7, 11) is 0. The van der Waals surface area contributed by atoms with Crippen LogP contribution < -0.4 is 5.32 Å². The van der Waals surface area contributed by atoms with Crippen LogP contribution in [0.1, 0.15) is 56.7 Å². The van der Waals surface area contributed by atoms with Gasteiger partial charge in [0.2, 0.25) is 0 Å². The summed E-state index contributed by atoms with van der Waals surface area (Å²) in [5.41, 5.74) is 3.32. The molecule has 0 spiro atoms. The van der Waals surface area contributed by atoms with Crippen molar-refractivity contribution in [1.29, 1.82) is 0 Å². The van der Waals surface area contributed by atoms with E-state index in [0.29, 0.717) is 11.5 Å². The summed E-state index contributed by atoms with van der Waals surface area (Å²) in [6.07, 6.45) is 5.23. The van der Waals surface area contributed by atoms with Gasteiger partial charge in [-0.25, -0.2) is 0 Å². The Balaban J connectivity index is 1.54. The predicted molar refractivity (Wildman–Crippen MR) is 83.0 cm³/mol. The van der Waals surface area contributed by atoms with Gasteiger partial charge in [0.15, 0.2) is 0 Å². The van der Waals surface area contributed by atoms with E-state index in [1.165, 1.54) is 36.8 Å². The lowest BCUT2D eigenvalue weighted by Gasteiger charge is -2.37. The lowest BCUT2D eigenvalue weighted by atomic mass is 9.71. The van der Waals surface area contributed by atoms with E-state index >= 15 is 0 Å². The number of benzene rings is 1. The van der Waals surface area contributed by atoms with Gasteiger partial charge in [0, 0.05) is 19.2 Å². The van der Waals surface area contributed by atoms with Gasteiger partial charge in [0.05, 0.1) is 6.61 Å². The van der Waals surface area contributed by atoms with Crippen LogP contribution in [0.2, 0.25) is 0 Å². The summed E-state index contributed by atoms with van der Waals surface area (Å²) in [5, 5.41) is 3.68. The fourth-order valence-corrected chi connectivity index (χ4v) is 3.26. The molecular weight excluding hydrogens is 246 g/mol. The normalized spacial score (nSPS) is 24.4. The second-order valence-corrected chi connectivity index (χ2v) is 7.03. The molecule has 2 aliphatic rings. The molecule has 1 aromatic carbocycles. The number of nitrogens with one attached hydrogen (secondary N) is 1. The quantitative estimate of drug-likeness (QED) is 0.796. The highest BCUT2D eigenvalue weighted by Gasteiger charge is 2.31. The third kappa shape index (κ3) is 3.24. The molecule has 2 aliphatic carbocycles. The van der Waals surface area contributed by atoms with Crippen LogP contribution in [0.15, 0.2) is 24.3 Å². The summed E-state index contributed by atoms with van der Waals surface area (Å²) >= 11 is 0. The van der Waals surface area contributed by atoms with E-state index in [4.69, 9.17) is 4.74 Å². The molecule has 1 fully saturated rings. The molecule has 0 heterocycles. The highest BCUT2D eigenvalue weighted by Crippen LogP contribution is 2.41. The molecular formula is C18H27NO. The maximum Gasteiger partial charge on any atom is 0.0591 e. The third-order valence-electron chi connectivity index (χ3n) is 4.81. The van der Waals surface area contributed by atoms with E-state index in [2.05, 4.69) is 43.4 Å². The van der Waals surface area contributed by atoms with E-state index < -0.39 is 0 Å². The van der Waals surface area contributed by atoms with Crippen molar-refractivity contribution in [3.05, 3.63) is 35.4 Å². The molecule has 0 aromatic heterocycles. The second-order valence-electron chi connectivity index (χ2n) is 7.03. The number of hydrogen-bond donors (Lipinski definition) is 1. The van der Waals surface area contributed by atoms with Crippen LogP contribution in [0.25, 0.3) is 0 Å². The van der Waals surface area contributed by atoms with Gasteiger partial charge in [-0.1, -0.05) is 38.1 Å². The molecule has 110 valence electrons. The van der Waals surface area contributed by atoms with Gasteiger partial charge in [0.25, 0.3) is 0 Å². The van der Waals surface area contributed by atoms with Crippen LogP contribution >= 0.6 is 0 Å². The third-order valence-corrected chi connectivity index (χ3v) is 4.81. The Kier molecular flexibility index (Phi) is 4.13. The molecule has 1 unspecified atom stereocenters. The van der Waals surface area contributed by atoms with E-state index in [0.717, 1.165) is 25.7 Å². The summed E-state index contributed by atoms with van der Waals surface area (Å²) in [5.74, 6) is 0.867. The minimum absolute atomic E-state index is 0.317. The topological polar surface area (TPSA) is 21.3 Å². The molecule has 0 saturated heterocycles. The second kappa shape index (κ2) is 5.87. The maximum atomic E-state index is 5.72. The van der Waals surface area contributed by atoms with Gasteiger partial charge in [-0.2, -0.15) is 0 Å². The number of fused-ring (bicyclic) bond motifs is 1. The average Bonchev–Trinajstić information content (AvgIpc) is 3.25. The van der Waals surface area contributed by atoms with Gasteiger partial charge < -0.3 is 10.1 Å². The monoisotopic (exact) mass is 273 g/mol. The van der Waals surface area contributed by atoms with Gasteiger partial charge in [-0.3, -0.25) is 0 Å². The lowest BCUT2D eigenvalue weighted by Crippen LogP contribution is -2.34. The Morgan fingerprint density at radius 1 is 1.20 bits per heavy atom. The van der Waals surface area contributed by atoms with Crippen molar-refractivity contribution >= 4 is 0 Å². The number of rotatable bonds is 6. The minimum Gasteiger partial charge on any atom is -0.380 e. The zero-order chi connectivity index (χ0) is 14.0. The maximum absolute atomic E-state index is 5.72. The van der Waals surface area contributed by atoms with Crippen LogP contribution in [0.4, 0.5) is 0 Å². The van der Waals surface area contributed by atoms with Gasteiger partial charge in [-0.15, -0.1) is 0 Å². The summed E-state index contributed by atoms with van der Waals surface area (Å²) in [6.45, 7) is 7.50. The SMILES string of the molecule is CC1(C)CCC(NCCOCC2CC2)c2ccccc21. The summed E-state index contributed by atoms with van der Waals surface area (Å²) in [6, 6.07) is 9.43. The molecule has 2 heteroatoms. The van der Waals surface area contributed by atoms with Crippen molar-refractivity contribution in [1.82, 2.24) is 5.32 Å². The molecule has 0 radical (unpaired) electrons. The molecule has 20 heavy (non-hydrogen) atoms. The van der Waals surface area contributed by atoms with Gasteiger partial charge >= 0.3 is 0 Å². The van der Waals surface area contributed by atoms with E-state index in [9.17, 15) is 0 Å². The van der Waals surface area contributed by atoms with Crippen LogP contribution in [0.5, 0.6) is 0 Å². The molecule has 0 bridgehead atoms. The predicted octanol–water partition coefficient (Wildman–Crippen LogP) is 3.82. The van der Waals surface area contributed by atoms with Gasteiger partial charge in [0.1, 0.15) is 0 Å². The fraction of sp³-hybridized carbons (Fsp3) is 0.667. The fourth-order valence-electron chi connectivity index (χ4n) is 3.26. The zero-order valence-corrected chi connectivity index (χ0v) is 12.8. The van der Waals surface area contributed by atoms with Crippen molar-refractivity contribution in [2.45, 2.75) is 51.0 Å². The summed E-state index contributed by atoms with van der Waals surface area (Å²) in [4.78, 5) is 0. The Morgan fingerprint density at radius 3 is 2.80 bits per heavy atom. The molecule has 2 nitrogen and oxygen atoms in total. The Bertz CT molecular complexity index is 450. The average molecular weight is 273 g/mol. The molecule has 0 aliphatic heterocycles. The minimum atomic E-state index is 0.317. The van der Waals surface area contributed by atoms with Crippen LogP contribution in [-0.4, -0.2) is 19.8 Å². The Hall–Kier alpha value is -0.860. The zero-order valence-electron chi connectivity index (χ0n) is 12.8. The first-order chi connectivity index (χ1) is 9.67. The molecule has 1 saturated carbocycles. The standard InChI is InChI=1S/C18H27NO/c1-18(2)10-9-17(15-5-3-4-6-16(15)18)19-11-12-20-13-14-7-8-14/h3-6,14,17,19H,7-13H2,1-2H3. The molecule has 1 aromatic rings. The van der Waals surface area contributed by atoms with Crippen molar-refractivity contribution in [3.63, 3.8) is 0 Å². The highest BCUT2D eigenvalue weighted by molar-refractivity contribution is 5.38. The Morgan fingerprint density at radius 2 is 2.00 bits per heavy atom. The smallest absolute Gasteiger partial charge is 0.0591 e. The first-order valence-electron chi connectivity index (χ1n) is 8.07. The van der Waals surface area contributed by atoms with Gasteiger partial charge in [-0.05, 0) is 48.1 Å². The molecule has 0 amide bonds. The van der Waals surface area contributed by atoms with Crippen LogP contribution in [0, 0.1) is 5.92 Å². The Labute approximate surface area is 122 Å². The van der Waals surface area contributed by atoms with Crippen molar-refractivity contribution < 1.29 is 4.74 Å². The van der Waals surface area contributed by atoms with Crippen molar-refractivity contribution in [2.24, 2.45) is 5.92 Å². The molecule has 1 N–H and O–H groups in total. The molecule has 3 rings (SSSR count). The van der Waals surface area contributed by atoms with E-state index in [1.54, 1.807) is 0 Å². The summed E-state index contributed by atoms with van der Waals surface area (Å²) < 4.78 is 5.72. The van der Waals surface area contributed by atoms with E-state index in [1.807, 2.05) is 0 Å². The molecule has 1 atom stereocenters. The van der Waals surface area contributed by atoms with Crippen LogP contribution in [0.3, 0.4) is 0 Å². The highest BCUT2D eigenvalue weighted by atomic mass is 16.5. The lowest BCUT2D eigenvalue weighted by molar-refractivity contribution is 0.123. The van der Waals surface area contributed by atoms with Crippen LogP contribution in [-0.2, 0) is 10.2 Å². The number of hydrogen-bond acceptors (Lipinski definition) is 2. The number of ether oxygens (including phenoxy) is 1. The largest absolute Gasteiger partial charge is 0.380 e. The first-order valence-corrected chi connectivity index (χ1v) is 8.07. The van der Waals surface area contributed by atoms with E-state index in [-0.39, 0.29) is 0 Å². The van der Waals surface area contributed by atoms with Crippen molar-refractivity contribution in [2.75, 3.05) is 19.8 Å².